The molecule has 0 aliphatic carbocycles. The van der Waals surface area contributed by atoms with Crippen molar-refractivity contribution in [1.82, 2.24) is 4.98 Å². The zero-order valence-electron chi connectivity index (χ0n) is 10.1. The minimum atomic E-state index is 0.0529. The van der Waals surface area contributed by atoms with Gasteiger partial charge in [0.05, 0.1) is 5.52 Å². The molecule has 1 heterocycles. The lowest BCUT2D eigenvalue weighted by atomic mass is 9.83. The van der Waals surface area contributed by atoms with Crippen LogP contribution in [0, 0.1) is 5.41 Å². The average molecular weight is 214 g/mol. The van der Waals surface area contributed by atoms with E-state index in [4.69, 9.17) is 5.73 Å². The van der Waals surface area contributed by atoms with Gasteiger partial charge in [-0.1, -0.05) is 32.9 Å². The Hall–Kier alpha value is -1.41. The average Bonchev–Trinajstić information content (AvgIpc) is 2.26. The first-order chi connectivity index (χ1) is 7.48. The van der Waals surface area contributed by atoms with Gasteiger partial charge in [0.15, 0.2) is 0 Å². The Morgan fingerprint density at radius 2 is 1.94 bits per heavy atom. The quantitative estimate of drug-likeness (QED) is 0.791. The number of nitrogens with two attached hydrogens (primary N) is 1. The van der Waals surface area contributed by atoms with Crippen molar-refractivity contribution in [2.45, 2.75) is 26.8 Å². The van der Waals surface area contributed by atoms with E-state index in [9.17, 15) is 0 Å². The first kappa shape index (κ1) is 11.1. The molecule has 1 atom stereocenters. The lowest BCUT2D eigenvalue weighted by Crippen LogP contribution is -2.26. The lowest BCUT2D eigenvalue weighted by molar-refractivity contribution is 0.327. The normalized spacial score (nSPS) is 14.0. The SMILES string of the molecule is CC(C)(C)C(N)c1ccc2ncccc2c1. The van der Waals surface area contributed by atoms with Crippen LogP contribution < -0.4 is 5.73 Å². The van der Waals surface area contributed by atoms with Gasteiger partial charge in [0.1, 0.15) is 0 Å². The molecule has 0 saturated heterocycles. The van der Waals surface area contributed by atoms with Crippen molar-refractivity contribution in [2.24, 2.45) is 11.1 Å². The van der Waals surface area contributed by atoms with Crippen LogP contribution in [0.3, 0.4) is 0 Å². The van der Waals surface area contributed by atoms with E-state index < -0.39 is 0 Å². The van der Waals surface area contributed by atoms with Crippen LogP contribution in [-0.4, -0.2) is 4.98 Å². The molecule has 16 heavy (non-hydrogen) atoms. The largest absolute Gasteiger partial charge is 0.324 e. The Morgan fingerprint density at radius 3 is 2.62 bits per heavy atom. The van der Waals surface area contributed by atoms with Crippen LogP contribution in [0.5, 0.6) is 0 Å². The number of nitrogens with zero attached hydrogens (tertiary/aromatic N) is 1. The Balaban J connectivity index is 2.47. The van der Waals surface area contributed by atoms with Crippen LogP contribution in [-0.2, 0) is 0 Å². The molecular formula is C14H18N2. The number of hydrogen-bond acceptors (Lipinski definition) is 2. The lowest BCUT2D eigenvalue weighted by Gasteiger charge is -2.27. The highest BCUT2D eigenvalue weighted by Gasteiger charge is 2.22. The Kier molecular flexibility index (Phi) is 2.68. The molecule has 84 valence electrons. The Labute approximate surface area is 96.5 Å². The van der Waals surface area contributed by atoms with E-state index in [1.54, 1.807) is 0 Å². The second kappa shape index (κ2) is 3.87. The standard InChI is InChI=1S/C14H18N2/c1-14(2,3)13(15)11-6-7-12-10(9-11)5-4-8-16-12/h4-9,13H,15H2,1-3H3. The maximum atomic E-state index is 6.24. The molecule has 0 saturated carbocycles. The molecular weight excluding hydrogens is 196 g/mol. The van der Waals surface area contributed by atoms with Gasteiger partial charge in [0.25, 0.3) is 0 Å². The van der Waals surface area contributed by atoms with Crippen LogP contribution in [0.4, 0.5) is 0 Å². The van der Waals surface area contributed by atoms with Crippen molar-refractivity contribution in [3.63, 3.8) is 0 Å². The maximum absolute atomic E-state index is 6.24. The predicted molar refractivity (Wildman–Crippen MR) is 68.1 cm³/mol. The molecule has 2 heteroatoms. The number of benzene rings is 1. The van der Waals surface area contributed by atoms with Crippen LogP contribution in [0.15, 0.2) is 36.5 Å². The molecule has 0 aliphatic rings. The van der Waals surface area contributed by atoms with Gasteiger partial charge in [0, 0.05) is 17.6 Å². The highest BCUT2D eigenvalue weighted by atomic mass is 14.7. The third-order valence-corrected chi connectivity index (χ3v) is 2.92. The van der Waals surface area contributed by atoms with Crippen LogP contribution in [0.1, 0.15) is 32.4 Å². The minimum absolute atomic E-state index is 0.0529. The van der Waals surface area contributed by atoms with Gasteiger partial charge in [0.2, 0.25) is 0 Å². The molecule has 1 unspecified atom stereocenters. The molecule has 0 bridgehead atoms. The second-order valence-electron chi connectivity index (χ2n) is 5.30. The van der Waals surface area contributed by atoms with Crippen molar-refractivity contribution in [1.29, 1.82) is 0 Å². The van der Waals surface area contributed by atoms with Gasteiger partial charge in [-0.2, -0.15) is 0 Å². The third kappa shape index (κ3) is 2.07. The number of hydrogen-bond donors (Lipinski definition) is 1. The van der Waals surface area contributed by atoms with E-state index in [2.05, 4.69) is 44.0 Å². The van der Waals surface area contributed by atoms with E-state index in [-0.39, 0.29) is 11.5 Å². The van der Waals surface area contributed by atoms with Crippen LogP contribution in [0.2, 0.25) is 0 Å². The monoisotopic (exact) mass is 214 g/mol. The summed E-state index contributed by atoms with van der Waals surface area (Å²) in [6.07, 6.45) is 1.81. The zero-order valence-corrected chi connectivity index (χ0v) is 10.1. The Bertz CT molecular complexity index is 497. The summed E-state index contributed by atoms with van der Waals surface area (Å²) in [5.74, 6) is 0. The number of pyridine rings is 1. The van der Waals surface area contributed by atoms with E-state index >= 15 is 0 Å². The van der Waals surface area contributed by atoms with Gasteiger partial charge in [-0.25, -0.2) is 0 Å². The van der Waals surface area contributed by atoms with E-state index in [1.807, 2.05) is 18.3 Å². The van der Waals surface area contributed by atoms with Crippen LogP contribution in [0.25, 0.3) is 10.9 Å². The van der Waals surface area contributed by atoms with Gasteiger partial charge in [-0.05, 0) is 29.2 Å². The summed E-state index contributed by atoms with van der Waals surface area (Å²) in [7, 11) is 0. The summed E-state index contributed by atoms with van der Waals surface area (Å²) in [6, 6.07) is 10.3. The van der Waals surface area contributed by atoms with Crippen molar-refractivity contribution >= 4 is 10.9 Å². The first-order valence-corrected chi connectivity index (χ1v) is 5.59. The fourth-order valence-corrected chi connectivity index (χ4v) is 1.79. The molecule has 0 radical (unpaired) electrons. The zero-order chi connectivity index (χ0) is 11.8. The smallest absolute Gasteiger partial charge is 0.0702 e. The molecule has 0 aliphatic heterocycles. The van der Waals surface area contributed by atoms with E-state index in [1.165, 1.54) is 5.56 Å². The minimum Gasteiger partial charge on any atom is -0.324 e. The molecule has 0 amide bonds. The number of aromatic nitrogens is 1. The number of rotatable bonds is 1. The highest BCUT2D eigenvalue weighted by Crippen LogP contribution is 2.31. The molecule has 2 aromatic rings. The molecule has 1 aromatic carbocycles. The van der Waals surface area contributed by atoms with Crippen molar-refractivity contribution in [3.8, 4) is 0 Å². The van der Waals surface area contributed by atoms with Crippen molar-refractivity contribution < 1.29 is 0 Å². The number of fused-ring (bicyclic) bond motifs is 1. The van der Waals surface area contributed by atoms with Crippen LogP contribution >= 0.6 is 0 Å². The van der Waals surface area contributed by atoms with E-state index in [0.29, 0.717) is 0 Å². The molecule has 2 N–H and O–H groups in total. The van der Waals surface area contributed by atoms with Gasteiger partial charge >= 0.3 is 0 Å². The summed E-state index contributed by atoms with van der Waals surface area (Å²) >= 11 is 0. The second-order valence-corrected chi connectivity index (χ2v) is 5.30. The highest BCUT2D eigenvalue weighted by molar-refractivity contribution is 5.79. The molecule has 1 aromatic heterocycles. The fraction of sp³-hybridized carbons (Fsp3) is 0.357. The predicted octanol–water partition coefficient (Wildman–Crippen LogP) is 3.28. The fourth-order valence-electron chi connectivity index (χ4n) is 1.79. The molecule has 0 fully saturated rings. The molecule has 2 rings (SSSR count). The van der Waals surface area contributed by atoms with E-state index in [0.717, 1.165) is 10.9 Å². The third-order valence-electron chi connectivity index (χ3n) is 2.92. The molecule has 0 spiro atoms. The summed E-state index contributed by atoms with van der Waals surface area (Å²) in [5.41, 5.74) is 8.52. The van der Waals surface area contributed by atoms with Gasteiger partial charge in [-0.3, -0.25) is 4.98 Å². The Morgan fingerprint density at radius 1 is 1.19 bits per heavy atom. The van der Waals surface area contributed by atoms with Gasteiger partial charge < -0.3 is 5.73 Å². The first-order valence-electron chi connectivity index (χ1n) is 5.59. The van der Waals surface area contributed by atoms with Crippen molar-refractivity contribution in [3.05, 3.63) is 42.1 Å². The topological polar surface area (TPSA) is 38.9 Å². The molecule has 2 nitrogen and oxygen atoms in total. The van der Waals surface area contributed by atoms with Crippen molar-refractivity contribution in [2.75, 3.05) is 0 Å². The maximum Gasteiger partial charge on any atom is 0.0702 e. The summed E-state index contributed by atoms with van der Waals surface area (Å²) in [4.78, 5) is 4.30. The summed E-state index contributed by atoms with van der Waals surface area (Å²) < 4.78 is 0. The summed E-state index contributed by atoms with van der Waals surface area (Å²) in [6.45, 7) is 6.47. The summed E-state index contributed by atoms with van der Waals surface area (Å²) in [5, 5.41) is 1.15. The van der Waals surface area contributed by atoms with Gasteiger partial charge in [-0.15, -0.1) is 0 Å².